The van der Waals surface area contributed by atoms with Gasteiger partial charge in [-0.05, 0) is 44.9 Å². The largest absolute Gasteiger partial charge is 0.502 e. The SMILES string of the molecule is C/C=C(C)/C=C/C=C/C(C)C(C)C(OC)C(C)CCc1oc2c(O)c(OC)cc(OC)c2c(=O)c1C. The van der Waals surface area contributed by atoms with Crippen molar-refractivity contribution in [1.29, 1.82) is 0 Å². The summed E-state index contributed by atoms with van der Waals surface area (Å²) < 4.78 is 22.6. The van der Waals surface area contributed by atoms with Crippen LogP contribution in [0.25, 0.3) is 11.0 Å². The number of aryl methyl sites for hydroxylation is 1. The predicted octanol–water partition coefficient (Wildman–Crippen LogP) is 6.76. The molecule has 2 aromatic rings. The fraction of sp³-hybridized carbons (Fsp3) is 0.500. The number of ether oxygens (including phenoxy) is 3. The van der Waals surface area contributed by atoms with E-state index in [1.165, 1.54) is 25.9 Å². The third-order valence-electron chi connectivity index (χ3n) is 7.18. The van der Waals surface area contributed by atoms with Gasteiger partial charge in [-0.2, -0.15) is 0 Å². The Balaban J connectivity index is 2.24. The minimum absolute atomic E-state index is 0.0342. The molecule has 198 valence electrons. The molecule has 4 unspecified atom stereocenters. The summed E-state index contributed by atoms with van der Waals surface area (Å²) in [6.45, 7) is 12.4. The van der Waals surface area contributed by atoms with Crippen LogP contribution in [0.4, 0.5) is 0 Å². The van der Waals surface area contributed by atoms with Gasteiger partial charge in [-0.25, -0.2) is 0 Å². The minimum atomic E-state index is -0.217. The molecular weight excluding hydrogens is 456 g/mol. The lowest BCUT2D eigenvalue weighted by Gasteiger charge is -2.31. The molecule has 6 nitrogen and oxygen atoms in total. The van der Waals surface area contributed by atoms with E-state index in [4.69, 9.17) is 18.6 Å². The maximum absolute atomic E-state index is 13.2. The molecule has 1 aromatic heterocycles. The van der Waals surface area contributed by atoms with Gasteiger partial charge in [0, 0.05) is 25.2 Å². The number of allylic oxidation sites excluding steroid dienone is 6. The molecule has 1 aromatic carbocycles. The summed E-state index contributed by atoms with van der Waals surface area (Å²) in [6.07, 6.45) is 11.9. The highest BCUT2D eigenvalue weighted by Gasteiger charge is 2.27. The summed E-state index contributed by atoms with van der Waals surface area (Å²) in [6, 6.07) is 1.49. The van der Waals surface area contributed by atoms with Crippen LogP contribution in [0.15, 0.2) is 51.2 Å². The molecule has 0 aliphatic heterocycles. The number of phenolic OH excluding ortho intramolecular Hbond substituents is 1. The van der Waals surface area contributed by atoms with Crippen LogP contribution in [-0.2, 0) is 11.2 Å². The summed E-state index contributed by atoms with van der Waals surface area (Å²) in [5.41, 5.74) is 1.61. The van der Waals surface area contributed by atoms with E-state index in [2.05, 4.69) is 58.1 Å². The average Bonchev–Trinajstić information content (AvgIpc) is 2.88. The first kappa shape index (κ1) is 29.2. The molecule has 0 saturated carbocycles. The van der Waals surface area contributed by atoms with Gasteiger partial charge in [-0.3, -0.25) is 4.79 Å². The molecule has 0 bridgehead atoms. The lowest BCUT2D eigenvalue weighted by molar-refractivity contribution is 0.00315. The third-order valence-corrected chi connectivity index (χ3v) is 7.18. The molecule has 0 fully saturated rings. The smallest absolute Gasteiger partial charge is 0.202 e. The third kappa shape index (κ3) is 6.61. The topological polar surface area (TPSA) is 78.1 Å². The van der Waals surface area contributed by atoms with Gasteiger partial charge < -0.3 is 23.7 Å². The molecule has 1 N–H and O–H groups in total. The van der Waals surface area contributed by atoms with Crippen LogP contribution in [0.3, 0.4) is 0 Å². The van der Waals surface area contributed by atoms with Crippen molar-refractivity contribution in [2.24, 2.45) is 17.8 Å². The summed E-state index contributed by atoms with van der Waals surface area (Å²) in [7, 11) is 4.66. The Bertz CT molecular complexity index is 1170. The lowest BCUT2D eigenvalue weighted by atomic mass is 9.82. The Hall–Kier alpha value is -2.99. The summed E-state index contributed by atoms with van der Waals surface area (Å²) in [5.74, 6) is 1.67. The van der Waals surface area contributed by atoms with Crippen molar-refractivity contribution in [2.45, 2.75) is 60.5 Å². The number of benzene rings is 1. The predicted molar refractivity (Wildman–Crippen MR) is 146 cm³/mol. The van der Waals surface area contributed by atoms with Crippen molar-refractivity contribution in [1.82, 2.24) is 0 Å². The first-order valence-electron chi connectivity index (χ1n) is 12.5. The van der Waals surface area contributed by atoms with E-state index in [0.717, 1.165) is 6.42 Å². The summed E-state index contributed by atoms with van der Waals surface area (Å²) in [5, 5.41) is 10.8. The molecule has 1 heterocycles. The molecule has 36 heavy (non-hydrogen) atoms. The van der Waals surface area contributed by atoms with E-state index in [9.17, 15) is 9.90 Å². The van der Waals surface area contributed by atoms with Crippen molar-refractivity contribution in [3.05, 3.63) is 63.6 Å². The lowest BCUT2D eigenvalue weighted by Crippen LogP contribution is -2.31. The molecule has 0 aliphatic rings. The number of hydrogen-bond donors (Lipinski definition) is 1. The zero-order valence-corrected chi connectivity index (χ0v) is 23.2. The van der Waals surface area contributed by atoms with Gasteiger partial charge in [-0.1, -0.05) is 56.7 Å². The van der Waals surface area contributed by atoms with Crippen LogP contribution in [-0.4, -0.2) is 32.5 Å². The second-order valence-corrected chi connectivity index (χ2v) is 9.52. The van der Waals surface area contributed by atoms with Crippen LogP contribution in [0.5, 0.6) is 17.2 Å². The molecule has 0 spiro atoms. The van der Waals surface area contributed by atoms with Gasteiger partial charge >= 0.3 is 0 Å². The van der Waals surface area contributed by atoms with Crippen molar-refractivity contribution in [3.8, 4) is 17.2 Å². The average molecular weight is 499 g/mol. The van der Waals surface area contributed by atoms with Crippen LogP contribution in [0, 0.1) is 24.7 Å². The van der Waals surface area contributed by atoms with Crippen LogP contribution < -0.4 is 14.9 Å². The monoisotopic (exact) mass is 498 g/mol. The number of hydrogen-bond acceptors (Lipinski definition) is 6. The summed E-state index contributed by atoms with van der Waals surface area (Å²) in [4.78, 5) is 13.2. The van der Waals surface area contributed by atoms with E-state index in [-0.39, 0.29) is 39.9 Å². The zero-order chi connectivity index (χ0) is 27.0. The highest BCUT2D eigenvalue weighted by atomic mass is 16.5. The highest BCUT2D eigenvalue weighted by molar-refractivity contribution is 5.91. The molecule has 2 rings (SSSR count). The van der Waals surface area contributed by atoms with Crippen molar-refractivity contribution < 1.29 is 23.7 Å². The Kier molecular flexibility index (Phi) is 10.8. The van der Waals surface area contributed by atoms with E-state index in [0.29, 0.717) is 35.3 Å². The van der Waals surface area contributed by atoms with Gasteiger partial charge in [0.15, 0.2) is 16.8 Å². The van der Waals surface area contributed by atoms with Crippen molar-refractivity contribution in [3.63, 3.8) is 0 Å². The first-order valence-corrected chi connectivity index (χ1v) is 12.5. The molecule has 0 radical (unpaired) electrons. The van der Waals surface area contributed by atoms with E-state index >= 15 is 0 Å². The van der Waals surface area contributed by atoms with Crippen LogP contribution >= 0.6 is 0 Å². The number of methoxy groups -OCH3 is 3. The second kappa shape index (κ2) is 13.4. The Morgan fingerprint density at radius 1 is 1.11 bits per heavy atom. The van der Waals surface area contributed by atoms with Gasteiger partial charge in [0.2, 0.25) is 5.75 Å². The first-order chi connectivity index (χ1) is 17.1. The molecule has 6 heteroatoms. The Morgan fingerprint density at radius 2 is 1.78 bits per heavy atom. The molecule has 4 atom stereocenters. The molecular formula is C30H42O6. The van der Waals surface area contributed by atoms with Crippen LogP contribution in [0.2, 0.25) is 0 Å². The second-order valence-electron chi connectivity index (χ2n) is 9.52. The number of phenols is 1. The zero-order valence-electron chi connectivity index (χ0n) is 23.2. The van der Waals surface area contributed by atoms with E-state index in [1.807, 2.05) is 6.92 Å². The normalized spacial score (nSPS) is 16.0. The molecule has 0 aliphatic carbocycles. The molecule has 0 amide bonds. The maximum Gasteiger partial charge on any atom is 0.202 e. The van der Waals surface area contributed by atoms with Crippen molar-refractivity contribution >= 4 is 11.0 Å². The van der Waals surface area contributed by atoms with Gasteiger partial charge in [-0.15, -0.1) is 0 Å². The maximum atomic E-state index is 13.2. The van der Waals surface area contributed by atoms with Crippen LogP contribution in [0.1, 0.15) is 52.4 Å². The number of rotatable bonds is 12. The number of aromatic hydroxyl groups is 1. The Morgan fingerprint density at radius 3 is 2.36 bits per heavy atom. The van der Waals surface area contributed by atoms with Crippen molar-refractivity contribution in [2.75, 3.05) is 21.3 Å². The molecule has 0 saturated heterocycles. The standard InChI is InChI=1S/C30H42O6/c1-10-18(2)13-11-12-14-19(3)21(5)29(35-9)20(4)15-16-23-22(6)27(31)26-24(33-7)17-25(34-8)28(32)30(26)36-23/h10-14,17,19-21,29,32H,15-16H2,1-9H3/b13-11+,14-12+,18-10+. The summed E-state index contributed by atoms with van der Waals surface area (Å²) >= 11 is 0. The number of fused-ring (bicyclic) bond motifs is 1. The quantitative estimate of drug-likeness (QED) is 0.326. The van der Waals surface area contributed by atoms with E-state index < -0.39 is 0 Å². The Labute approximate surface area is 215 Å². The van der Waals surface area contributed by atoms with E-state index in [1.54, 1.807) is 14.0 Å². The highest BCUT2D eigenvalue weighted by Crippen LogP contribution is 2.40. The fourth-order valence-electron chi connectivity index (χ4n) is 4.49. The minimum Gasteiger partial charge on any atom is -0.502 e. The fourth-order valence-corrected chi connectivity index (χ4v) is 4.49. The van der Waals surface area contributed by atoms with Gasteiger partial charge in [0.1, 0.15) is 16.9 Å². The van der Waals surface area contributed by atoms with Gasteiger partial charge in [0.05, 0.1) is 20.3 Å². The van der Waals surface area contributed by atoms with Gasteiger partial charge in [0.25, 0.3) is 0 Å².